The first-order valence-corrected chi connectivity index (χ1v) is 5.76. The topological polar surface area (TPSA) is 12.0 Å². The van der Waals surface area contributed by atoms with Gasteiger partial charge in [0.1, 0.15) is 5.82 Å². The largest absolute Gasteiger partial charge is 0.381 e. The second-order valence-electron chi connectivity index (χ2n) is 3.66. The van der Waals surface area contributed by atoms with Crippen molar-refractivity contribution in [2.75, 3.05) is 5.32 Å². The zero-order chi connectivity index (χ0) is 11.3. The van der Waals surface area contributed by atoms with Crippen LogP contribution in [-0.2, 0) is 0 Å². The molecule has 1 rings (SSSR count). The molecule has 0 saturated heterocycles. The molecule has 0 fully saturated rings. The van der Waals surface area contributed by atoms with E-state index in [1.807, 2.05) is 0 Å². The van der Waals surface area contributed by atoms with Gasteiger partial charge in [0.15, 0.2) is 0 Å². The molecular weight excluding hydrogens is 213 g/mol. The highest BCUT2D eigenvalue weighted by atomic mass is 35.5. The molecule has 15 heavy (non-hydrogen) atoms. The second kappa shape index (κ2) is 5.96. The SMILES string of the molecule is CCCC(CC)Nc1cc(F)ccc1Cl. The van der Waals surface area contributed by atoms with Crippen molar-refractivity contribution < 1.29 is 4.39 Å². The summed E-state index contributed by atoms with van der Waals surface area (Å²) in [5.41, 5.74) is 0.692. The van der Waals surface area contributed by atoms with Crippen LogP contribution in [0.3, 0.4) is 0 Å². The van der Waals surface area contributed by atoms with Crippen LogP contribution in [0.1, 0.15) is 33.1 Å². The van der Waals surface area contributed by atoms with Crippen molar-refractivity contribution in [3.63, 3.8) is 0 Å². The van der Waals surface area contributed by atoms with Gasteiger partial charge in [-0.25, -0.2) is 4.39 Å². The number of rotatable bonds is 5. The van der Waals surface area contributed by atoms with E-state index >= 15 is 0 Å². The van der Waals surface area contributed by atoms with Crippen molar-refractivity contribution in [2.45, 2.75) is 39.2 Å². The number of hydrogen-bond donors (Lipinski definition) is 1. The molecule has 1 aromatic carbocycles. The van der Waals surface area contributed by atoms with Crippen LogP contribution in [0.25, 0.3) is 0 Å². The molecule has 0 aliphatic rings. The van der Waals surface area contributed by atoms with E-state index in [-0.39, 0.29) is 5.82 Å². The summed E-state index contributed by atoms with van der Waals surface area (Å²) in [6, 6.07) is 4.77. The van der Waals surface area contributed by atoms with E-state index in [1.54, 1.807) is 6.07 Å². The molecule has 1 nitrogen and oxygen atoms in total. The summed E-state index contributed by atoms with van der Waals surface area (Å²) >= 11 is 5.97. The fourth-order valence-corrected chi connectivity index (χ4v) is 1.73. The summed E-state index contributed by atoms with van der Waals surface area (Å²) in [6.45, 7) is 4.25. The van der Waals surface area contributed by atoms with Crippen molar-refractivity contribution in [3.8, 4) is 0 Å². The molecule has 0 amide bonds. The summed E-state index contributed by atoms with van der Waals surface area (Å²) in [5, 5.41) is 3.84. The molecule has 0 aliphatic carbocycles. The summed E-state index contributed by atoms with van der Waals surface area (Å²) in [4.78, 5) is 0. The highest BCUT2D eigenvalue weighted by Crippen LogP contribution is 2.24. The van der Waals surface area contributed by atoms with Gasteiger partial charge in [0, 0.05) is 6.04 Å². The van der Waals surface area contributed by atoms with Gasteiger partial charge in [0.05, 0.1) is 10.7 Å². The van der Waals surface area contributed by atoms with Gasteiger partial charge in [-0.2, -0.15) is 0 Å². The molecule has 0 spiro atoms. The van der Waals surface area contributed by atoms with Gasteiger partial charge in [-0.15, -0.1) is 0 Å². The molecule has 0 aliphatic heterocycles. The Bertz CT molecular complexity index is 314. The molecule has 3 heteroatoms. The number of halogens is 2. The zero-order valence-corrected chi connectivity index (χ0v) is 9.94. The normalized spacial score (nSPS) is 12.5. The molecule has 1 unspecified atom stereocenters. The Morgan fingerprint density at radius 2 is 2.13 bits per heavy atom. The van der Waals surface area contributed by atoms with E-state index in [4.69, 9.17) is 11.6 Å². The van der Waals surface area contributed by atoms with Crippen LogP contribution < -0.4 is 5.32 Å². The van der Waals surface area contributed by atoms with Crippen LogP contribution in [-0.4, -0.2) is 6.04 Å². The summed E-state index contributed by atoms with van der Waals surface area (Å²) in [7, 11) is 0. The molecule has 0 heterocycles. The third-order valence-corrected chi connectivity index (χ3v) is 2.75. The smallest absolute Gasteiger partial charge is 0.125 e. The average molecular weight is 230 g/mol. The Balaban J connectivity index is 2.73. The monoisotopic (exact) mass is 229 g/mol. The predicted octanol–water partition coefficient (Wildman–Crippen LogP) is 4.47. The predicted molar refractivity (Wildman–Crippen MR) is 64.0 cm³/mol. The molecule has 0 aromatic heterocycles. The highest BCUT2D eigenvalue weighted by Gasteiger charge is 2.08. The van der Waals surface area contributed by atoms with Crippen LogP contribution in [0.15, 0.2) is 18.2 Å². The van der Waals surface area contributed by atoms with Crippen LogP contribution in [0.4, 0.5) is 10.1 Å². The maximum absolute atomic E-state index is 13.0. The maximum atomic E-state index is 13.0. The summed E-state index contributed by atoms with van der Waals surface area (Å²) < 4.78 is 13.0. The standard InChI is InChI=1S/C12H17ClFN/c1-3-5-10(4-2)15-12-8-9(14)6-7-11(12)13/h6-8,10,15H,3-5H2,1-2H3. The van der Waals surface area contributed by atoms with Crippen LogP contribution in [0, 0.1) is 5.82 Å². The molecule has 0 bridgehead atoms. The van der Waals surface area contributed by atoms with Crippen molar-refractivity contribution >= 4 is 17.3 Å². The lowest BCUT2D eigenvalue weighted by Crippen LogP contribution is -2.18. The van der Waals surface area contributed by atoms with Crippen LogP contribution >= 0.6 is 11.6 Å². The third kappa shape index (κ3) is 3.71. The Morgan fingerprint density at radius 3 is 2.73 bits per heavy atom. The lowest BCUT2D eigenvalue weighted by molar-refractivity contribution is 0.615. The summed E-state index contributed by atoms with van der Waals surface area (Å²) in [5.74, 6) is -0.256. The van der Waals surface area contributed by atoms with Gasteiger partial charge in [-0.3, -0.25) is 0 Å². The Labute approximate surface area is 95.6 Å². The molecule has 1 aromatic rings. The molecule has 84 valence electrons. The maximum Gasteiger partial charge on any atom is 0.125 e. The van der Waals surface area contributed by atoms with E-state index in [0.717, 1.165) is 19.3 Å². The number of nitrogens with one attached hydrogen (secondary N) is 1. The Morgan fingerprint density at radius 1 is 1.40 bits per heavy atom. The van der Waals surface area contributed by atoms with Crippen LogP contribution in [0.2, 0.25) is 5.02 Å². The summed E-state index contributed by atoms with van der Waals surface area (Å²) in [6.07, 6.45) is 3.20. The van der Waals surface area contributed by atoms with Gasteiger partial charge in [0.25, 0.3) is 0 Å². The van der Waals surface area contributed by atoms with E-state index in [2.05, 4.69) is 19.2 Å². The van der Waals surface area contributed by atoms with Gasteiger partial charge in [-0.1, -0.05) is 31.9 Å². The van der Waals surface area contributed by atoms with E-state index in [9.17, 15) is 4.39 Å². The zero-order valence-electron chi connectivity index (χ0n) is 9.19. The fourth-order valence-electron chi connectivity index (χ4n) is 1.55. The molecule has 1 N–H and O–H groups in total. The van der Waals surface area contributed by atoms with E-state index < -0.39 is 0 Å². The number of anilines is 1. The first-order chi connectivity index (χ1) is 7.17. The van der Waals surface area contributed by atoms with E-state index in [1.165, 1.54) is 12.1 Å². The molecule has 1 atom stereocenters. The van der Waals surface area contributed by atoms with Crippen molar-refractivity contribution in [2.24, 2.45) is 0 Å². The fraction of sp³-hybridized carbons (Fsp3) is 0.500. The molecule has 0 saturated carbocycles. The van der Waals surface area contributed by atoms with Crippen LogP contribution in [0.5, 0.6) is 0 Å². The number of benzene rings is 1. The minimum atomic E-state index is -0.256. The van der Waals surface area contributed by atoms with Gasteiger partial charge < -0.3 is 5.32 Å². The van der Waals surface area contributed by atoms with Gasteiger partial charge in [-0.05, 0) is 31.0 Å². The van der Waals surface area contributed by atoms with Gasteiger partial charge >= 0.3 is 0 Å². The minimum Gasteiger partial charge on any atom is -0.381 e. The molecule has 0 radical (unpaired) electrons. The quantitative estimate of drug-likeness (QED) is 0.786. The highest BCUT2D eigenvalue weighted by molar-refractivity contribution is 6.33. The van der Waals surface area contributed by atoms with Crippen molar-refractivity contribution in [3.05, 3.63) is 29.0 Å². The van der Waals surface area contributed by atoms with Crippen molar-refractivity contribution in [1.82, 2.24) is 0 Å². The Hall–Kier alpha value is -0.760. The lowest BCUT2D eigenvalue weighted by Gasteiger charge is -2.18. The van der Waals surface area contributed by atoms with E-state index in [0.29, 0.717) is 16.8 Å². The first-order valence-electron chi connectivity index (χ1n) is 5.39. The molecular formula is C12H17ClFN. The second-order valence-corrected chi connectivity index (χ2v) is 4.07. The van der Waals surface area contributed by atoms with Crippen molar-refractivity contribution in [1.29, 1.82) is 0 Å². The van der Waals surface area contributed by atoms with Gasteiger partial charge in [0.2, 0.25) is 0 Å². The third-order valence-electron chi connectivity index (χ3n) is 2.42. The Kier molecular flexibility index (Phi) is 4.89. The number of hydrogen-bond acceptors (Lipinski definition) is 1. The minimum absolute atomic E-state index is 0.256. The first kappa shape index (κ1) is 12.3. The lowest BCUT2D eigenvalue weighted by atomic mass is 10.1. The average Bonchev–Trinajstić information content (AvgIpc) is 2.22.